The zero-order valence-corrected chi connectivity index (χ0v) is 19.4. The predicted octanol–water partition coefficient (Wildman–Crippen LogP) is 5.53. The van der Waals surface area contributed by atoms with Gasteiger partial charge in [-0.3, -0.25) is 9.59 Å². The molecule has 1 aromatic heterocycles. The van der Waals surface area contributed by atoms with E-state index < -0.39 is 0 Å². The lowest BCUT2D eigenvalue weighted by Gasteiger charge is -2.12. The van der Waals surface area contributed by atoms with Gasteiger partial charge in [0, 0.05) is 33.5 Å². The Morgan fingerprint density at radius 2 is 1.84 bits per heavy atom. The maximum atomic E-state index is 12.8. The van der Waals surface area contributed by atoms with Gasteiger partial charge in [0.1, 0.15) is 5.70 Å². The number of aryl methyl sites for hydroxylation is 1. The molecule has 3 rings (SSSR count). The van der Waals surface area contributed by atoms with Gasteiger partial charge in [0.15, 0.2) is 0 Å². The van der Waals surface area contributed by atoms with Gasteiger partial charge in [0.25, 0.3) is 11.8 Å². The third kappa shape index (κ3) is 6.99. The van der Waals surface area contributed by atoms with E-state index in [0.29, 0.717) is 12.1 Å². The average Bonchev–Trinajstić information content (AvgIpc) is 3.27. The summed E-state index contributed by atoms with van der Waals surface area (Å²) in [7, 11) is 0. The van der Waals surface area contributed by atoms with Gasteiger partial charge in [-0.15, -0.1) is 11.3 Å². The van der Waals surface area contributed by atoms with Crippen molar-refractivity contribution >= 4 is 52.6 Å². The van der Waals surface area contributed by atoms with E-state index in [9.17, 15) is 9.59 Å². The minimum Gasteiger partial charge on any atom is -0.350 e. The SMILES string of the molecule is Cc1ccccc1C(=O)N/C(=C\c1cccs1)C(=O)NCCSCc1ccccc1Cl. The topological polar surface area (TPSA) is 58.2 Å². The number of thiophene rings is 1. The number of benzene rings is 2. The number of hydrogen-bond donors (Lipinski definition) is 2. The van der Waals surface area contributed by atoms with E-state index >= 15 is 0 Å². The van der Waals surface area contributed by atoms with E-state index in [2.05, 4.69) is 10.6 Å². The quantitative estimate of drug-likeness (QED) is 0.319. The van der Waals surface area contributed by atoms with Crippen LogP contribution in [0.2, 0.25) is 5.02 Å². The molecule has 0 unspecified atom stereocenters. The first-order chi connectivity index (χ1) is 15.0. The summed E-state index contributed by atoms with van der Waals surface area (Å²) in [5.41, 5.74) is 2.70. The van der Waals surface area contributed by atoms with Gasteiger partial charge < -0.3 is 10.6 Å². The molecule has 2 amide bonds. The van der Waals surface area contributed by atoms with E-state index in [1.165, 1.54) is 11.3 Å². The smallest absolute Gasteiger partial charge is 0.267 e. The van der Waals surface area contributed by atoms with E-state index in [1.54, 1.807) is 30.0 Å². The number of carbonyl (C=O) groups excluding carboxylic acids is 2. The summed E-state index contributed by atoms with van der Waals surface area (Å²) in [5.74, 6) is 0.893. The zero-order chi connectivity index (χ0) is 22.1. The first-order valence-corrected chi connectivity index (χ1v) is 12.2. The Kier molecular flexibility index (Phi) is 8.76. The summed E-state index contributed by atoms with van der Waals surface area (Å²) >= 11 is 9.37. The fourth-order valence-corrected chi connectivity index (χ4v) is 4.62. The van der Waals surface area contributed by atoms with E-state index in [4.69, 9.17) is 11.6 Å². The summed E-state index contributed by atoms with van der Waals surface area (Å²) < 4.78 is 0. The van der Waals surface area contributed by atoms with Crippen LogP contribution in [0.1, 0.15) is 26.4 Å². The van der Waals surface area contributed by atoms with Crippen LogP contribution in [0.4, 0.5) is 0 Å². The highest BCUT2D eigenvalue weighted by atomic mass is 35.5. The maximum absolute atomic E-state index is 12.8. The fourth-order valence-electron chi connectivity index (χ4n) is 2.82. The van der Waals surface area contributed by atoms with E-state index in [0.717, 1.165) is 32.5 Å². The van der Waals surface area contributed by atoms with Crippen molar-refractivity contribution < 1.29 is 9.59 Å². The second-order valence-electron chi connectivity index (χ2n) is 6.74. The lowest BCUT2D eigenvalue weighted by molar-refractivity contribution is -0.117. The summed E-state index contributed by atoms with van der Waals surface area (Å²) in [6, 6.07) is 18.8. The molecule has 0 aliphatic rings. The summed E-state index contributed by atoms with van der Waals surface area (Å²) in [5, 5.41) is 8.35. The molecule has 0 spiro atoms. The third-order valence-electron chi connectivity index (χ3n) is 4.46. The van der Waals surface area contributed by atoms with Crippen molar-refractivity contribution in [2.75, 3.05) is 12.3 Å². The number of hydrogen-bond acceptors (Lipinski definition) is 4. The Bertz CT molecular complexity index is 1060. The summed E-state index contributed by atoms with van der Waals surface area (Å²) in [6.45, 7) is 2.35. The first-order valence-electron chi connectivity index (χ1n) is 9.76. The number of amides is 2. The van der Waals surface area contributed by atoms with Gasteiger partial charge in [-0.2, -0.15) is 11.8 Å². The highest BCUT2D eigenvalue weighted by molar-refractivity contribution is 7.98. The van der Waals surface area contributed by atoms with Crippen molar-refractivity contribution in [3.63, 3.8) is 0 Å². The Labute approximate surface area is 195 Å². The minimum atomic E-state index is -0.311. The second kappa shape index (κ2) is 11.7. The van der Waals surface area contributed by atoms with Crippen LogP contribution in [-0.4, -0.2) is 24.1 Å². The highest BCUT2D eigenvalue weighted by Crippen LogP contribution is 2.20. The lowest BCUT2D eigenvalue weighted by Crippen LogP contribution is -2.36. The van der Waals surface area contributed by atoms with Gasteiger partial charge in [-0.1, -0.05) is 54.1 Å². The molecular formula is C24H23ClN2O2S2. The Morgan fingerprint density at radius 1 is 1.06 bits per heavy atom. The predicted molar refractivity (Wildman–Crippen MR) is 132 cm³/mol. The molecule has 0 bridgehead atoms. The van der Waals surface area contributed by atoms with E-state index in [-0.39, 0.29) is 17.5 Å². The molecule has 31 heavy (non-hydrogen) atoms. The molecule has 2 aromatic carbocycles. The van der Waals surface area contributed by atoms with Gasteiger partial charge in [-0.25, -0.2) is 0 Å². The molecule has 3 aromatic rings. The van der Waals surface area contributed by atoms with Crippen molar-refractivity contribution in [1.82, 2.24) is 10.6 Å². The van der Waals surface area contributed by atoms with Crippen LogP contribution in [0.3, 0.4) is 0 Å². The van der Waals surface area contributed by atoms with Crippen molar-refractivity contribution in [3.05, 3.63) is 98.3 Å². The molecule has 0 atom stereocenters. The lowest BCUT2D eigenvalue weighted by atomic mass is 10.1. The van der Waals surface area contributed by atoms with Crippen LogP contribution >= 0.6 is 34.7 Å². The molecule has 0 saturated heterocycles. The fraction of sp³-hybridized carbons (Fsp3) is 0.167. The molecule has 7 heteroatoms. The molecule has 4 nitrogen and oxygen atoms in total. The highest BCUT2D eigenvalue weighted by Gasteiger charge is 2.16. The van der Waals surface area contributed by atoms with Crippen molar-refractivity contribution in [1.29, 1.82) is 0 Å². The van der Waals surface area contributed by atoms with Crippen LogP contribution in [-0.2, 0) is 10.5 Å². The second-order valence-corrected chi connectivity index (χ2v) is 9.23. The Balaban J connectivity index is 1.59. The van der Waals surface area contributed by atoms with Gasteiger partial charge in [0.05, 0.1) is 0 Å². The number of thioether (sulfide) groups is 1. The van der Waals surface area contributed by atoms with Crippen molar-refractivity contribution in [2.45, 2.75) is 12.7 Å². The first kappa shape index (κ1) is 23.1. The molecular weight excluding hydrogens is 448 g/mol. The molecule has 160 valence electrons. The number of nitrogens with one attached hydrogen (secondary N) is 2. The molecule has 0 aliphatic carbocycles. The van der Waals surface area contributed by atoms with Crippen LogP contribution in [0.5, 0.6) is 0 Å². The average molecular weight is 471 g/mol. The molecule has 0 saturated carbocycles. The summed E-state index contributed by atoms with van der Waals surface area (Å²) in [6.07, 6.45) is 1.70. The molecule has 0 aliphatic heterocycles. The van der Waals surface area contributed by atoms with Gasteiger partial charge in [-0.05, 0) is 47.7 Å². The monoisotopic (exact) mass is 470 g/mol. The van der Waals surface area contributed by atoms with Crippen LogP contribution in [0, 0.1) is 6.92 Å². The normalized spacial score (nSPS) is 11.2. The van der Waals surface area contributed by atoms with Gasteiger partial charge in [0.2, 0.25) is 0 Å². The third-order valence-corrected chi connectivity index (χ3v) is 6.66. The Morgan fingerprint density at radius 3 is 2.58 bits per heavy atom. The number of carbonyl (C=O) groups is 2. The molecule has 0 radical (unpaired) electrons. The van der Waals surface area contributed by atoms with Crippen molar-refractivity contribution in [2.24, 2.45) is 0 Å². The maximum Gasteiger partial charge on any atom is 0.267 e. The van der Waals surface area contributed by atoms with Crippen LogP contribution in [0.15, 0.2) is 71.7 Å². The molecule has 0 fully saturated rings. The van der Waals surface area contributed by atoms with Gasteiger partial charge >= 0.3 is 0 Å². The number of halogens is 1. The molecule has 2 N–H and O–H groups in total. The Hall–Kier alpha value is -2.54. The largest absolute Gasteiger partial charge is 0.350 e. The van der Waals surface area contributed by atoms with Crippen LogP contribution < -0.4 is 10.6 Å². The minimum absolute atomic E-state index is 0.229. The van der Waals surface area contributed by atoms with Crippen molar-refractivity contribution in [3.8, 4) is 0 Å². The molecule has 1 heterocycles. The summed E-state index contributed by atoms with van der Waals surface area (Å²) in [4.78, 5) is 26.4. The number of rotatable bonds is 9. The zero-order valence-electron chi connectivity index (χ0n) is 17.1. The standard InChI is InChI=1S/C24H23ClN2O2S2/c1-17-7-2-4-10-20(17)23(28)27-22(15-19-9-6-13-31-19)24(29)26-12-14-30-16-18-8-3-5-11-21(18)25/h2-11,13,15H,12,14,16H2,1H3,(H,26,29)(H,27,28)/b22-15-. The van der Waals surface area contributed by atoms with Crippen LogP contribution in [0.25, 0.3) is 6.08 Å². The van der Waals surface area contributed by atoms with E-state index in [1.807, 2.05) is 60.8 Å².